The molecule has 0 spiro atoms. The molecule has 22 heavy (non-hydrogen) atoms. The van der Waals surface area contributed by atoms with Gasteiger partial charge in [-0.05, 0) is 60.9 Å². The summed E-state index contributed by atoms with van der Waals surface area (Å²) in [6.45, 7) is 8.48. The molecule has 0 saturated carbocycles. The van der Waals surface area contributed by atoms with Crippen LogP contribution < -0.4 is 0 Å². The highest BCUT2D eigenvalue weighted by molar-refractivity contribution is 7.10. The highest BCUT2D eigenvalue weighted by Crippen LogP contribution is 2.37. The Bertz CT molecular complexity index is 633. The number of rotatable bonds is 4. The summed E-state index contributed by atoms with van der Waals surface area (Å²) in [4.78, 5) is 3.97. The number of nitrogens with zero attached hydrogens (tertiary/aromatic N) is 1. The molecular weight excluding hydrogens is 290 g/mol. The Balaban J connectivity index is 1.85. The quantitative estimate of drug-likeness (QED) is 0.836. The Morgan fingerprint density at radius 1 is 1.36 bits per heavy atom. The maximum absolute atomic E-state index is 10.4. The molecule has 1 N–H and O–H groups in total. The molecule has 0 amide bonds. The number of aryl methyl sites for hydroxylation is 1. The SMILES string of the molecule is Cc1cc(O)c(CN2CCC[C@H]2c2cccs2)cc1C(C)C. The minimum Gasteiger partial charge on any atom is -0.508 e. The third-order valence-corrected chi connectivity index (χ3v) is 5.67. The molecule has 2 heterocycles. The van der Waals surface area contributed by atoms with Crippen LogP contribution in [0.25, 0.3) is 0 Å². The van der Waals surface area contributed by atoms with Crippen molar-refractivity contribution < 1.29 is 5.11 Å². The lowest BCUT2D eigenvalue weighted by atomic mass is 9.95. The summed E-state index contributed by atoms with van der Waals surface area (Å²) in [5, 5.41) is 12.5. The molecule has 3 heteroatoms. The van der Waals surface area contributed by atoms with Crippen LogP contribution in [-0.4, -0.2) is 16.6 Å². The average molecular weight is 315 g/mol. The molecule has 3 rings (SSSR count). The molecule has 0 aliphatic carbocycles. The van der Waals surface area contributed by atoms with Crippen molar-refractivity contribution in [1.82, 2.24) is 4.90 Å². The Hall–Kier alpha value is -1.32. The number of hydrogen-bond donors (Lipinski definition) is 1. The number of likely N-dealkylation sites (tertiary alicyclic amines) is 1. The van der Waals surface area contributed by atoms with Gasteiger partial charge in [-0.1, -0.05) is 26.0 Å². The lowest BCUT2D eigenvalue weighted by Gasteiger charge is -2.25. The van der Waals surface area contributed by atoms with Gasteiger partial charge in [-0.3, -0.25) is 4.90 Å². The van der Waals surface area contributed by atoms with Gasteiger partial charge in [0, 0.05) is 23.0 Å². The van der Waals surface area contributed by atoms with E-state index in [0.717, 1.165) is 18.7 Å². The topological polar surface area (TPSA) is 23.5 Å². The van der Waals surface area contributed by atoms with Crippen LogP contribution in [0.5, 0.6) is 5.75 Å². The van der Waals surface area contributed by atoms with E-state index in [0.29, 0.717) is 17.7 Å². The van der Waals surface area contributed by atoms with E-state index < -0.39 is 0 Å². The molecule has 1 aromatic heterocycles. The number of thiophene rings is 1. The van der Waals surface area contributed by atoms with Gasteiger partial charge in [0.25, 0.3) is 0 Å². The number of phenols is 1. The predicted octanol–water partition coefficient (Wildman–Crippen LogP) is 5.22. The number of benzene rings is 1. The van der Waals surface area contributed by atoms with E-state index >= 15 is 0 Å². The standard InChI is InChI=1S/C19H25NOS/c1-13(2)16-11-15(18(21)10-14(16)3)12-20-8-4-6-17(20)19-7-5-9-22-19/h5,7,9-11,13,17,21H,4,6,8,12H2,1-3H3/t17-/m0/s1. The Morgan fingerprint density at radius 3 is 2.86 bits per heavy atom. The third-order valence-electron chi connectivity index (χ3n) is 4.70. The fourth-order valence-electron chi connectivity index (χ4n) is 3.54. The normalized spacial score (nSPS) is 19.2. The molecule has 0 unspecified atom stereocenters. The van der Waals surface area contributed by atoms with Crippen LogP contribution in [0.3, 0.4) is 0 Å². The van der Waals surface area contributed by atoms with Gasteiger partial charge < -0.3 is 5.11 Å². The van der Waals surface area contributed by atoms with Gasteiger partial charge in [-0.25, -0.2) is 0 Å². The van der Waals surface area contributed by atoms with Crippen LogP contribution in [0.1, 0.15) is 60.2 Å². The summed E-state index contributed by atoms with van der Waals surface area (Å²) in [5.74, 6) is 0.935. The van der Waals surface area contributed by atoms with Crippen LogP contribution in [0.4, 0.5) is 0 Å². The molecule has 1 saturated heterocycles. The highest BCUT2D eigenvalue weighted by Gasteiger charge is 2.27. The molecule has 2 aromatic rings. The van der Waals surface area contributed by atoms with Gasteiger partial charge in [0.1, 0.15) is 5.75 Å². The number of aromatic hydroxyl groups is 1. The van der Waals surface area contributed by atoms with E-state index in [1.807, 2.05) is 17.4 Å². The summed E-state index contributed by atoms with van der Waals surface area (Å²) >= 11 is 1.85. The van der Waals surface area contributed by atoms with E-state index in [2.05, 4.69) is 49.3 Å². The van der Waals surface area contributed by atoms with E-state index in [1.165, 1.54) is 28.8 Å². The molecular formula is C19H25NOS. The monoisotopic (exact) mass is 315 g/mol. The Labute approximate surface area is 137 Å². The second-order valence-corrected chi connectivity index (χ2v) is 7.62. The molecule has 1 aliphatic heterocycles. The van der Waals surface area contributed by atoms with Crippen LogP contribution in [0, 0.1) is 6.92 Å². The van der Waals surface area contributed by atoms with Gasteiger partial charge in [-0.15, -0.1) is 11.3 Å². The van der Waals surface area contributed by atoms with Crippen molar-refractivity contribution in [2.75, 3.05) is 6.54 Å². The molecule has 0 bridgehead atoms. The minimum absolute atomic E-state index is 0.443. The van der Waals surface area contributed by atoms with E-state index in [1.54, 1.807) is 0 Å². The van der Waals surface area contributed by atoms with Crippen LogP contribution in [-0.2, 0) is 6.54 Å². The van der Waals surface area contributed by atoms with Crippen LogP contribution >= 0.6 is 11.3 Å². The van der Waals surface area contributed by atoms with Crippen molar-refractivity contribution >= 4 is 11.3 Å². The number of phenolic OH excluding ortho intramolecular Hbond substituents is 1. The smallest absolute Gasteiger partial charge is 0.120 e. The summed E-state index contributed by atoms with van der Waals surface area (Å²) in [6, 6.07) is 9.03. The lowest BCUT2D eigenvalue weighted by Crippen LogP contribution is -2.22. The van der Waals surface area contributed by atoms with Crippen molar-refractivity contribution in [1.29, 1.82) is 0 Å². The van der Waals surface area contributed by atoms with E-state index in [-0.39, 0.29) is 0 Å². The first-order valence-corrected chi connectivity index (χ1v) is 9.04. The van der Waals surface area contributed by atoms with E-state index in [9.17, 15) is 5.11 Å². The zero-order valence-electron chi connectivity index (χ0n) is 13.7. The third kappa shape index (κ3) is 3.06. The van der Waals surface area contributed by atoms with Gasteiger partial charge in [0.15, 0.2) is 0 Å². The van der Waals surface area contributed by atoms with Gasteiger partial charge in [-0.2, -0.15) is 0 Å². The van der Waals surface area contributed by atoms with Crippen molar-refractivity contribution in [3.8, 4) is 5.75 Å². The Morgan fingerprint density at radius 2 is 2.18 bits per heavy atom. The summed E-state index contributed by atoms with van der Waals surface area (Å²) < 4.78 is 0. The fourth-order valence-corrected chi connectivity index (χ4v) is 4.44. The first kappa shape index (κ1) is 15.6. The minimum atomic E-state index is 0.443. The van der Waals surface area contributed by atoms with Gasteiger partial charge >= 0.3 is 0 Å². The zero-order chi connectivity index (χ0) is 15.7. The maximum Gasteiger partial charge on any atom is 0.120 e. The molecule has 1 atom stereocenters. The predicted molar refractivity (Wildman–Crippen MR) is 93.6 cm³/mol. The molecule has 0 radical (unpaired) electrons. The van der Waals surface area contributed by atoms with Gasteiger partial charge in [0.2, 0.25) is 0 Å². The summed E-state index contributed by atoms with van der Waals surface area (Å²) in [7, 11) is 0. The van der Waals surface area contributed by atoms with E-state index in [4.69, 9.17) is 0 Å². The van der Waals surface area contributed by atoms with Crippen molar-refractivity contribution in [2.45, 2.75) is 52.1 Å². The van der Waals surface area contributed by atoms with Crippen molar-refractivity contribution in [2.24, 2.45) is 0 Å². The van der Waals surface area contributed by atoms with Crippen LogP contribution in [0.15, 0.2) is 29.6 Å². The lowest BCUT2D eigenvalue weighted by molar-refractivity contribution is 0.248. The molecule has 1 aromatic carbocycles. The first-order chi connectivity index (χ1) is 10.6. The second-order valence-electron chi connectivity index (χ2n) is 6.64. The highest BCUT2D eigenvalue weighted by atomic mass is 32.1. The van der Waals surface area contributed by atoms with Crippen molar-refractivity contribution in [3.63, 3.8) is 0 Å². The van der Waals surface area contributed by atoms with Crippen molar-refractivity contribution in [3.05, 3.63) is 51.2 Å². The fraction of sp³-hybridized carbons (Fsp3) is 0.474. The first-order valence-electron chi connectivity index (χ1n) is 8.16. The largest absolute Gasteiger partial charge is 0.508 e. The summed E-state index contributed by atoms with van der Waals surface area (Å²) in [5.41, 5.74) is 3.60. The Kier molecular flexibility index (Phi) is 4.55. The molecule has 2 nitrogen and oxygen atoms in total. The number of hydrogen-bond acceptors (Lipinski definition) is 3. The summed E-state index contributed by atoms with van der Waals surface area (Å²) in [6.07, 6.45) is 2.47. The van der Waals surface area contributed by atoms with Gasteiger partial charge in [0.05, 0.1) is 0 Å². The second kappa shape index (κ2) is 6.43. The molecule has 1 fully saturated rings. The van der Waals surface area contributed by atoms with Crippen LogP contribution in [0.2, 0.25) is 0 Å². The average Bonchev–Trinajstić information content (AvgIpc) is 3.11. The zero-order valence-corrected chi connectivity index (χ0v) is 14.5. The molecule has 1 aliphatic rings. The maximum atomic E-state index is 10.4. The molecule has 118 valence electrons.